The van der Waals surface area contributed by atoms with Crippen LogP contribution in [0.5, 0.6) is 0 Å². The lowest BCUT2D eigenvalue weighted by molar-refractivity contribution is 0.0434. The van der Waals surface area contributed by atoms with Crippen molar-refractivity contribution in [1.82, 2.24) is 5.32 Å². The molecule has 0 saturated heterocycles. The summed E-state index contributed by atoms with van der Waals surface area (Å²) < 4.78 is 5.01. The Hall–Kier alpha value is -0.810. The predicted octanol–water partition coefficient (Wildman–Crippen LogP) is 0.430. The molecule has 1 aliphatic rings. The van der Waals surface area contributed by atoms with Gasteiger partial charge in [0.25, 0.3) is 0 Å². The van der Waals surface area contributed by atoms with Crippen molar-refractivity contribution in [1.29, 1.82) is 0 Å². The Morgan fingerprint density at radius 3 is 2.86 bits per heavy atom. The molecule has 1 saturated carbocycles. The number of carbonyl (C=O) groups is 1. The minimum absolute atomic E-state index is 0.346. The standard InChI is InChI=1S/C9H17NO4/c1-14-5-6-2-3-8(11)7(4-6)10-9(12)13/h6-8,10-11H,2-5H2,1H3,(H,12,13)/t6-,7+,8+/m0/s1. The molecule has 0 aliphatic heterocycles. The van der Waals surface area contributed by atoms with Crippen LogP contribution in [0.2, 0.25) is 0 Å². The van der Waals surface area contributed by atoms with Crippen LogP contribution in [0, 0.1) is 5.92 Å². The van der Waals surface area contributed by atoms with Crippen molar-refractivity contribution in [3.05, 3.63) is 0 Å². The maximum absolute atomic E-state index is 10.4. The van der Waals surface area contributed by atoms with Crippen LogP contribution in [0.3, 0.4) is 0 Å². The number of methoxy groups -OCH3 is 1. The van der Waals surface area contributed by atoms with Gasteiger partial charge in [-0.05, 0) is 25.2 Å². The second-order valence-electron chi connectivity index (χ2n) is 3.76. The third-order valence-corrected chi connectivity index (χ3v) is 2.63. The average Bonchev–Trinajstić information content (AvgIpc) is 2.10. The number of carboxylic acid groups (broad SMARTS) is 1. The SMILES string of the molecule is COC[C@H]1CC[C@@H](O)[C@H](NC(=O)O)C1. The number of amides is 1. The van der Waals surface area contributed by atoms with Gasteiger partial charge in [0.2, 0.25) is 0 Å². The number of aliphatic hydroxyl groups excluding tert-OH is 1. The average molecular weight is 203 g/mol. The minimum atomic E-state index is -1.08. The molecule has 1 fully saturated rings. The zero-order valence-electron chi connectivity index (χ0n) is 8.27. The van der Waals surface area contributed by atoms with Crippen LogP contribution in [0.15, 0.2) is 0 Å². The van der Waals surface area contributed by atoms with Gasteiger partial charge in [-0.3, -0.25) is 0 Å². The van der Waals surface area contributed by atoms with Crippen molar-refractivity contribution in [2.45, 2.75) is 31.4 Å². The van der Waals surface area contributed by atoms with Crippen molar-refractivity contribution in [3.63, 3.8) is 0 Å². The largest absolute Gasteiger partial charge is 0.465 e. The van der Waals surface area contributed by atoms with Gasteiger partial charge >= 0.3 is 6.09 Å². The lowest BCUT2D eigenvalue weighted by Crippen LogP contribution is -2.47. The first-order valence-corrected chi connectivity index (χ1v) is 4.80. The maximum atomic E-state index is 10.4. The fourth-order valence-electron chi connectivity index (χ4n) is 1.94. The molecule has 1 amide bonds. The summed E-state index contributed by atoms with van der Waals surface area (Å²) >= 11 is 0. The second kappa shape index (κ2) is 5.17. The Labute approximate surface area is 83.1 Å². The van der Waals surface area contributed by atoms with Crippen LogP contribution < -0.4 is 5.32 Å². The third-order valence-electron chi connectivity index (χ3n) is 2.63. The van der Waals surface area contributed by atoms with Crippen LogP contribution in [0.4, 0.5) is 4.79 Å². The van der Waals surface area contributed by atoms with Crippen LogP contribution in [0.25, 0.3) is 0 Å². The maximum Gasteiger partial charge on any atom is 0.404 e. The molecule has 0 heterocycles. The first kappa shape index (κ1) is 11.3. The number of hydrogen-bond donors (Lipinski definition) is 3. The summed E-state index contributed by atoms with van der Waals surface area (Å²) in [5.41, 5.74) is 0. The van der Waals surface area contributed by atoms with Crippen LogP contribution >= 0.6 is 0 Å². The molecule has 1 rings (SSSR count). The van der Waals surface area contributed by atoms with Crippen molar-refractivity contribution in [3.8, 4) is 0 Å². The fraction of sp³-hybridized carbons (Fsp3) is 0.889. The van der Waals surface area contributed by atoms with Gasteiger partial charge in [-0.15, -0.1) is 0 Å². The van der Waals surface area contributed by atoms with Crippen molar-refractivity contribution >= 4 is 6.09 Å². The normalized spacial score (nSPS) is 32.6. The van der Waals surface area contributed by atoms with E-state index < -0.39 is 12.2 Å². The van der Waals surface area contributed by atoms with Gasteiger partial charge in [-0.25, -0.2) is 4.79 Å². The molecule has 0 aromatic rings. The van der Waals surface area contributed by atoms with Crippen LogP contribution in [-0.2, 0) is 4.74 Å². The summed E-state index contributed by atoms with van der Waals surface area (Å²) in [4.78, 5) is 10.4. The first-order chi connectivity index (χ1) is 6.63. The summed E-state index contributed by atoms with van der Waals surface area (Å²) in [6.45, 7) is 0.629. The molecular formula is C9H17NO4. The molecule has 0 radical (unpaired) electrons. The molecule has 3 atom stereocenters. The van der Waals surface area contributed by atoms with Gasteiger partial charge in [0.05, 0.1) is 12.1 Å². The molecule has 0 aromatic carbocycles. The summed E-state index contributed by atoms with van der Waals surface area (Å²) in [5.74, 6) is 0.347. The Morgan fingerprint density at radius 1 is 1.57 bits per heavy atom. The zero-order chi connectivity index (χ0) is 10.6. The molecule has 3 N–H and O–H groups in total. The van der Waals surface area contributed by atoms with E-state index in [4.69, 9.17) is 9.84 Å². The Balaban J connectivity index is 2.42. The zero-order valence-corrected chi connectivity index (χ0v) is 8.27. The molecular weight excluding hydrogens is 186 g/mol. The predicted molar refractivity (Wildman–Crippen MR) is 50.2 cm³/mol. The molecule has 14 heavy (non-hydrogen) atoms. The van der Waals surface area contributed by atoms with Crippen LogP contribution in [-0.4, -0.2) is 42.2 Å². The summed E-state index contributed by atoms with van der Waals surface area (Å²) in [5, 5.41) is 20.4. The number of ether oxygens (including phenoxy) is 1. The van der Waals surface area contributed by atoms with Crippen molar-refractivity contribution in [2.75, 3.05) is 13.7 Å². The molecule has 1 aliphatic carbocycles. The monoisotopic (exact) mass is 203 g/mol. The first-order valence-electron chi connectivity index (χ1n) is 4.80. The molecule has 0 bridgehead atoms. The van der Waals surface area contributed by atoms with E-state index in [-0.39, 0.29) is 6.04 Å². The molecule has 82 valence electrons. The van der Waals surface area contributed by atoms with Gasteiger partial charge in [-0.2, -0.15) is 0 Å². The highest BCUT2D eigenvalue weighted by Crippen LogP contribution is 2.24. The van der Waals surface area contributed by atoms with Crippen molar-refractivity contribution in [2.24, 2.45) is 5.92 Å². The minimum Gasteiger partial charge on any atom is -0.465 e. The van der Waals surface area contributed by atoms with E-state index >= 15 is 0 Å². The fourth-order valence-corrected chi connectivity index (χ4v) is 1.94. The Bertz CT molecular complexity index is 197. The molecule has 5 heteroatoms. The Morgan fingerprint density at radius 2 is 2.29 bits per heavy atom. The van der Waals surface area contributed by atoms with Crippen LogP contribution in [0.1, 0.15) is 19.3 Å². The number of aliphatic hydroxyl groups is 1. The highest BCUT2D eigenvalue weighted by Gasteiger charge is 2.30. The van der Waals surface area contributed by atoms with E-state index in [2.05, 4.69) is 5.32 Å². The number of hydrogen-bond acceptors (Lipinski definition) is 3. The van der Waals surface area contributed by atoms with Gasteiger partial charge < -0.3 is 20.3 Å². The lowest BCUT2D eigenvalue weighted by atomic mass is 9.84. The molecule has 5 nitrogen and oxygen atoms in total. The van der Waals surface area contributed by atoms with E-state index in [0.29, 0.717) is 25.4 Å². The number of rotatable bonds is 3. The van der Waals surface area contributed by atoms with E-state index in [1.54, 1.807) is 7.11 Å². The van der Waals surface area contributed by atoms with E-state index in [1.165, 1.54) is 0 Å². The van der Waals surface area contributed by atoms with Crippen molar-refractivity contribution < 1.29 is 19.7 Å². The van der Waals surface area contributed by atoms with E-state index in [9.17, 15) is 9.90 Å². The van der Waals surface area contributed by atoms with E-state index in [1.807, 2.05) is 0 Å². The Kier molecular flexibility index (Phi) is 4.16. The quantitative estimate of drug-likeness (QED) is 0.621. The van der Waals surface area contributed by atoms with Gasteiger partial charge in [0.15, 0.2) is 0 Å². The summed E-state index contributed by atoms with van der Waals surface area (Å²) in [6.07, 6.45) is 0.555. The van der Waals surface area contributed by atoms with E-state index in [0.717, 1.165) is 6.42 Å². The second-order valence-corrected chi connectivity index (χ2v) is 3.76. The summed E-state index contributed by atoms with van der Waals surface area (Å²) in [7, 11) is 1.63. The lowest BCUT2D eigenvalue weighted by Gasteiger charge is -2.32. The summed E-state index contributed by atoms with van der Waals surface area (Å²) in [6, 6.07) is -0.346. The number of nitrogens with one attached hydrogen (secondary N) is 1. The highest BCUT2D eigenvalue weighted by molar-refractivity contribution is 5.64. The van der Waals surface area contributed by atoms with Gasteiger partial charge in [0.1, 0.15) is 0 Å². The van der Waals surface area contributed by atoms with Gasteiger partial charge in [0, 0.05) is 13.7 Å². The molecule has 0 unspecified atom stereocenters. The molecule has 0 spiro atoms. The highest BCUT2D eigenvalue weighted by atomic mass is 16.5. The smallest absolute Gasteiger partial charge is 0.404 e. The third kappa shape index (κ3) is 3.16. The van der Waals surface area contributed by atoms with Gasteiger partial charge in [-0.1, -0.05) is 0 Å². The molecule has 0 aromatic heterocycles. The topological polar surface area (TPSA) is 78.8 Å².